The maximum atomic E-state index is 2.50. The molecule has 0 fully saturated rings. The Labute approximate surface area is 195 Å². The molecular weight excluding hydrogens is 435 g/mol. The molecule has 0 heterocycles. The Balaban J connectivity index is 2.09. The summed E-state index contributed by atoms with van der Waals surface area (Å²) < 4.78 is 4.65. The van der Waals surface area contributed by atoms with E-state index in [4.69, 9.17) is 0 Å². The first-order valence-electron chi connectivity index (χ1n) is 11.9. The van der Waals surface area contributed by atoms with Crippen molar-refractivity contribution in [2.75, 3.05) is 0 Å². The van der Waals surface area contributed by atoms with E-state index >= 15 is 0 Å². The number of benzene rings is 3. The molecule has 0 bridgehead atoms. The molecule has 0 saturated heterocycles. The predicted octanol–water partition coefficient (Wildman–Crippen LogP) is 5.80. The van der Waals surface area contributed by atoms with Crippen molar-refractivity contribution >= 4 is 27.7 Å². The second-order valence-electron chi connectivity index (χ2n) is 10.1. The normalized spacial score (nSPS) is 11.8. The second-order valence-corrected chi connectivity index (χ2v) is 14.8. The van der Waals surface area contributed by atoms with Crippen molar-refractivity contribution in [3.8, 4) is 0 Å². The molecule has 3 rings (SSSR count). The van der Waals surface area contributed by atoms with Crippen LogP contribution in [0.5, 0.6) is 0 Å². The maximum absolute atomic E-state index is 2.50. The van der Waals surface area contributed by atoms with Crippen LogP contribution in [-0.2, 0) is 19.3 Å². The van der Waals surface area contributed by atoms with Crippen LogP contribution in [0.3, 0.4) is 0 Å². The van der Waals surface area contributed by atoms with E-state index in [0.717, 1.165) is 19.3 Å². The van der Waals surface area contributed by atoms with Crippen LogP contribution in [0, 0.1) is 17.8 Å². The summed E-state index contributed by atoms with van der Waals surface area (Å²) in [5.41, 5.74) is 4.43. The summed E-state index contributed by atoms with van der Waals surface area (Å²) in [4.78, 5) is 0. The van der Waals surface area contributed by atoms with E-state index in [-0.39, 0.29) is 0 Å². The third-order valence-corrected chi connectivity index (χ3v) is 10.4. The molecule has 0 amide bonds. The second kappa shape index (κ2) is 11.2. The summed E-state index contributed by atoms with van der Waals surface area (Å²) in [6.45, 7) is 13.9. The molecule has 0 unspecified atom stereocenters. The van der Waals surface area contributed by atoms with Gasteiger partial charge in [-0.25, -0.2) is 0 Å². The van der Waals surface area contributed by atoms with Crippen molar-refractivity contribution in [3.63, 3.8) is 0 Å². The summed E-state index contributed by atoms with van der Waals surface area (Å²) in [6.07, 6.45) is 3.45. The van der Waals surface area contributed by atoms with Crippen LogP contribution < -0.4 is 13.1 Å². The summed E-state index contributed by atoms with van der Waals surface area (Å²) >= 11 is -1.62. The summed E-state index contributed by atoms with van der Waals surface area (Å²) in [6, 6.07) is 28.4. The molecule has 0 radical (unpaired) electrons. The van der Waals surface area contributed by atoms with Crippen LogP contribution in [0.4, 0.5) is 0 Å². The van der Waals surface area contributed by atoms with Gasteiger partial charge in [0.1, 0.15) is 0 Å². The van der Waals surface area contributed by atoms with Crippen LogP contribution in [0.2, 0.25) is 0 Å². The van der Waals surface area contributed by atoms with Crippen molar-refractivity contribution in [3.05, 3.63) is 89.5 Å². The average molecular weight is 475 g/mol. The van der Waals surface area contributed by atoms with Gasteiger partial charge in [-0.2, -0.15) is 0 Å². The summed E-state index contributed by atoms with van der Waals surface area (Å²) in [5, 5.41) is 0. The van der Waals surface area contributed by atoms with Gasteiger partial charge in [-0.05, 0) is 0 Å². The fraction of sp³-hybridized carbons (Fsp3) is 0.400. The van der Waals surface area contributed by atoms with Crippen LogP contribution in [0.1, 0.15) is 58.2 Å². The molecule has 0 nitrogen and oxygen atoms in total. The fourth-order valence-electron chi connectivity index (χ4n) is 4.33. The Hall–Kier alpha value is -1.78. The van der Waals surface area contributed by atoms with E-state index in [2.05, 4.69) is 114 Å². The molecule has 0 aliphatic carbocycles. The van der Waals surface area contributed by atoms with E-state index in [1.54, 1.807) is 13.1 Å². The van der Waals surface area contributed by atoms with E-state index in [1.165, 1.54) is 16.7 Å². The third kappa shape index (κ3) is 7.11. The number of rotatable bonds is 9. The Kier molecular flexibility index (Phi) is 8.62. The van der Waals surface area contributed by atoms with Gasteiger partial charge < -0.3 is 0 Å². The molecular formula is C30H39As. The van der Waals surface area contributed by atoms with Gasteiger partial charge in [0.2, 0.25) is 0 Å². The molecule has 0 N–H and O–H groups in total. The monoisotopic (exact) mass is 474 g/mol. The minimum atomic E-state index is -1.62. The molecule has 0 saturated carbocycles. The number of hydrogen-bond acceptors (Lipinski definition) is 0. The standard InChI is InChI=1S/C30H39As/c1-22(2)16-25-10-7-13-28(19-25)31(29-14-8-11-26(20-29)17-23(3)4)30-15-9-12-27(21-30)18-24(5)6/h7-15,19-24H,16-18H2,1-6H3. The third-order valence-electron chi connectivity index (χ3n) is 5.44. The van der Waals surface area contributed by atoms with E-state index in [0.29, 0.717) is 17.8 Å². The summed E-state index contributed by atoms with van der Waals surface area (Å²) in [5.74, 6) is 2.04. The fourth-order valence-corrected chi connectivity index (χ4v) is 9.54. The molecule has 0 aromatic heterocycles. The molecule has 0 spiro atoms. The summed E-state index contributed by atoms with van der Waals surface area (Å²) in [7, 11) is 0. The van der Waals surface area contributed by atoms with Crippen LogP contribution in [0.15, 0.2) is 72.8 Å². The van der Waals surface area contributed by atoms with Gasteiger partial charge in [0, 0.05) is 0 Å². The van der Waals surface area contributed by atoms with Crippen LogP contribution in [-0.4, -0.2) is 14.7 Å². The van der Waals surface area contributed by atoms with Gasteiger partial charge in [0.25, 0.3) is 0 Å². The van der Waals surface area contributed by atoms with Crippen LogP contribution in [0.25, 0.3) is 0 Å². The molecule has 3 aromatic carbocycles. The zero-order valence-electron chi connectivity index (χ0n) is 20.2. The van der Waals surface area contributed by atoms with Gasteiger partial charge in [-0.15, -0.1) is 0 Å². The topological polar surface area (TPSA) is 0 Å². The average Bonchev–Trinajstić information content (AvgIpc) is 2.68. The zero-order valence-corrected chi connectivity index (χ0v) is 22.1. The van der Waals surface area contributed by atoms with Crippen molar-refractivity contribution in [2.24, 2.45) is 17.8 Å². The Morgan fingerprint density at radius 2 is 0.774 bits per heavy atom. The van der Waals surface area contributed by atoms with Gasteiger partial charge >= 0.3 is 196 Å². The Morgan fingerprint density at radius 1 is 0.484 bits per heavy atom. The molecule has 3 aromatic rings. The van der Waals surface area contributed by atoms with Crippen molar-refractivity contribution < 1.29 is 0 Å². The van der Waals surface area contributed by atoms with Gasteiger partial charge in [-0.1, -0.05) is 0 Å². The van der Waals surface area contributed by atoms with Gasteiger partial charge in [0.05, 0.1) is 0 Å². The first-order chi connectivity index (χ1) is 14.8. The van der Waals surface area contributed by atoms with Crippen molar-refractivity contribution in [1.82, 2.24) is 0 Å². The van der Waals surface area contributed by atoms with Crippen molar-refractivity contribution in [2.45, 2.75) is 60.8 Å². The Morgan fingerprint density at radius 3 is 1.03 bits per heavy atom. The first kappa shape index (κ1) is 23.9. The Bertz CT molecular complexity index is 840. The van der Waals surface area contributed by atoms with E-state index < -0.39 is 14.7 Å². The van der Waals surface area contributed by atoms with Gasteiger partial charge in [0.15, 0.2) is 0 Å². The van der Waals surface area contributed by atoms with Gasteiger partial charge in [-0.3, -0.25) is 0 Å². The first-order valence-corrected chi connectivity index (χ1v) is 14.7. The molecule has 0 atom stereocenters. The van der Waals surface area contributed by atoms with Crippen LogP contribution >= 0.6 is 0 Å². The SMILES string of the molecule is CC(C)Cc1cccc([As](c2cccc(CC(C)C)c2)c2cccc(CC(C)C)c2)c1. The van der Waals surface area contributed by atoms with E-state index in [1.807, 2.05) is 0 Å². The number of hydrogen-bond donors (Lipinski definition) is 0. The quantitative estimate of drug-likeness (QED) is 0.344. The molecule has 0 aliphatic heterocycles. The molecule has 164 valence electrons. The van der Waals surface area contributed by atoms with E-state index in [9.17, 15) is 0 Å². The minimum absolute atomic E-state index is 0.680. The van der Waals surface area contributed by atoms with Crippen molar-refractivity contribution in [1.29, 1.82) is 0 Å². The molecule has 31 heavy (non-hydrogen) atoms. The molecule has 1 heteroatoms. The zero-order chi connectivity index (χ0) is 22.4. The predicted molar refractivity (Wildman–Crippen MR) is 140 cm³/mol. The molecule has 0 aliphatic rings.